The van der Waals surface area contributed by atoms with Gasteiger partial charge in [0.2, 0.25) is 5.91 Å². The summed E-state index contributed by atoms with van der Waals surface area (Å²) < 4.78 is 0. The molecule has 0 saturated carbocycles. The number of unbranched alkanes of at least 4 members (excludes halogenated alkanes) is 59. The number of aliphatic hydroxyl groups is 2. The molecule has 2 atom stereocenters. The number of aliphatic hydroxyl groups excluding tert-OH is 2. The molecular formula is C76H147NO3. The molecule has 0 spiro atoms. The van der Waals surface area contributed by atoms with Crippen LogP contribution in [0.25, 0.3) is 0 Å². The van der Waals surface area contributed by atoms with Gasteiger partial charge in [0.1, 0.15) is 0 Å². The van der Waals surface area contributed by atoms with Crippen LogP contribution in [0.1, 0.15) is 425 Å². The van der Waals surface area contributed by atoms with Crippen molar-refractivity contribution in [3.05, 3.63) is 36.5 Å². The zero-order chi connectivity index (χ0) is 57.6. The van der Waals surface area contributed by atoms with Crippen LogP contribution in [-0.2, 0) is 4.79 Å². The smallest absolute Gasteiger partial charge is 0.220 e. The molecule has 0 heterocycles. The number of carbonyl (C=O) groups excluding carboxylic acids is 1. The molecule has 0 bridgehead atoms. The monoisotopic (exact) mass is 1120 g/mol. The van der Waals surface area contributed by atoms with Gasteiger partial charge in [0.25, 0.3) is 0 Å². The van der Waals surface area contributed by atoms with E-state index in [2.05, 4.69) is 43.5 Å². The molecule has 0 aromatic carbocycles. The van der Waals surface area contributed by atoms with Gasteiger partial charge in [-0.15, -0.1) is 0 Å². The molecule has 80 heavy (non-hydrogen) atoms. The fourth-order valence-corrected chi connectivity index (χ4v) is 12.0. The first kappa shape index (κ1) is 78.6. The summed E-state index contributed by atoms with van der Waals surface area (Å²) in [5, 5.41) is 23.3. The van der Waals surface area contributed by atoms with E-state index in [-0.39, 0.29) is 12.5 Å². The van der Waals surface area contributed by atoms with Crippen LogP contribution in [-0.4, -0.2) is 34.9 Å². The van der Waals surface area contributed by atoms with Crippen molar-refractivity contribution in [1.29, 1.82) is 0 Å². The summed E-state index contributed by atoms with van der Waals surface area (Å²) in [6, 6.07) is -0.622. The molecule has 0 aliphatic heterocycles. The minimum absolute atomic E-state index is 0.0542. The third-order valence-electron chi connectivity index (χ3n) is 17.6. The van der Waals surface area contributed by atoms with Crippen molar-refractivity contribution in [1.82, 2.24) is 5.32 Å². The highest BCUT2D eigenvalue weighted by Crippen LogP contribution is 2.20. The molecule has 0 radical (unpaired) electrons. The number of allylic oxidation sites excluding steroid dienone is 5. The summed E-state index contributed by atoms with van der Waals surface area (Å²) in [4.78, 5) is 12.6. The maximum absolute atomic E-state index is 12.6. The Morgan fingerprint density at radius 3 is 0.750 bits per heavy atom. The first-order chi connectivity index (χ1) is 39.7. The Morgan fingerprint density at radius 2 is 0.512 bits per heavy atom. The average molecular weight is 1120 g/mol. The lowest BCUT2D eigenvalue weighted by molar-refractivity contribution is -0.123. The number of rotatable bonds is 70. The Bertz CT molecular complexity index is 1230. The number of hydrogen-bond donors (Lipinski definition) is 3. The fourth-order valence-electron chi connectivity index (χ4n) is 12.0. The van der Waals surface area contributed by atoms with E-state index >= 15 is 0 Å². The van der Waals surface area contributed by atoms with Crippen LogP contribution < -0.4 is 5.32 Å². The summed E-state index contributed by atoms with van der Waals surface area (Å²) in [6.45, 7) is 4.35. The van der Waals surface area contributed by atoms with Crippen LogP contribution in [0.4, 0.5) is 0 Å². The molecule has 0 aromatic rings. The van der Waals surface area contributed by atoms with Gasteiger partial charge in [0, 0.05) is 6.42 Å². The zero-order valence-electron chi connectivity index (χ0n) is 54.9. The van der Waals surface area contributed by atoms with E-state index in [0.29, 0.717) is 6.42 Å². The molecule has 4 nitrogen and oxygen atoms in total. The second-order valence-corrected chi connectivity index (χ2v) is 25.7. The van der Waals surface area contributed by atoms with Gasteiger partial charge >= 0.3 is 0 Å². The Kier molecular flexibility index (Phi) is 70.6. The highest BCUT2D eigenvalue weighted by molar-refractivity contribution is 5.76. The summed E-state index contributed by atoms with van der Waals surface area (Å²) in [6.07, 6.45) is 99.8. The minimum atomic E-state index is -0.839. The van der Waals surface area contributed by atoms with E-state index in [1.54, 1.807) is 6.08 Å². The van der Waals surface area contributed by atoms with Crippen LogP contribution in [0.5, 0.6) is 0 Å². The van der Waals surface area contributed by atoms with E-state index in [4.69, 9.17) is 0 Å². The molecule has 3 N–H and O–H groups in total. The zero-order valence-corrected chi connectivity index (χ0v) is 54.9. The van der Waals surface area contributed by atoms with Crippen LogP contribution in [0.3, 0.4) is 0 Å². The van der Waals surface area contributed by atoms with Crippen LogP contribution in [0, 0.1) is 0 Å². The molecular weight excluding hydrogens is 975 g/mol. The van der Waals surface area contributed by atoms with E-state index in [0.717, 1.165) is 32.1 Å². The highest BCUT2D eigenvalue weighted by atomic mass is 16.3. The fraction of sp³-hybridized carbons (Fsp3) is 0.908. The van der Waals surface area contributed by atoms with Crippen LogP contribution in [0.15, 0.2) is 36.5 Å². The summed E-state index contributed by atoms with van der Waals surface area (Å²) >= 11 is 0. The second-order valence-electron chi connectivity index (χ2n) is 25.7. The molecule has 0 aromatic heterocycles. The van der Waals surface area contributed by atoms with Crippen molar-refractivity contribution in [3.8, 4) is 0 Å². The van der Waals surface area contributed by atoms with Gasteiger partial charge < -0.3 is 15.5 Å². The molecule has 4 heteroatoms. The van der Waals surface area contributed by atoms with Crippen molar-refractivity contribution in [3.63, 3.8) is 0 Å². The van der Waals surface area contributed by atoms with E-state index in [1.807, 2.05) is 6.08 Å². The van der Waals surface area contributed by atoms with Gasteiger partial charge in [-0.05, 0) is 51.4 Å². The van der Waals surface area contributed by atoms with Crippen molar-refractivity contribution >= 4 is 5.91 Å². The van der Waals surface area contributed by atoms with Crippen molar-refractivity contribution in [2.24, 2.45) is 0 Å². The van der Waals surface area contributed by atoms with E-state index in [9.17, 15) is 15.0 Å². The average Bonchev–Trinajstić information content (AvgIpc) is 3.46. The van der Waals surface area contributed by atoms with Gasteiger partial charge in [0.15, 0.2) is 0 Å². The van der Waals surface area contributed by atoms with Crippen molar-refractivity contribution in [2.45, 2.75) is 437 Å². The van der Waals surface area contributed by atoms with Gasteiger partial charge in [0.05, 0.1) is 18.8 Å². The summed E-state index contributed by atoms with van der Waals surface area (Å²) in [5.41, 5.74) is 0. The molecule has 0 rings (SSSR count). The Labute approximate surface area is 503 Å². The third kappa shape index (κ3) is 67.4. The maximum Gasteiger partial charge on any atom is 0.220 e. The lowest BCUT2D eigenvalue weighted by Crippen LogP contribution is -2.45. The van der Waals surface area contributed by atoms with Crippen molar-refractivity contribution < 1.29 is 15.0 Å². The number of nitrogens with one attached hydrogen (secondary N) is 1. The van der Waals surface area contributed by atoms with Crippen molar-refractivity contribution in [2.75, 3.05) is 6.61 Å². The Morgan fingerprint density at radius 1 is 0.300 bits per heavy atom. The minimum Gasteiger partial charge on any atom is -0.394 e. The number of hydrogen-bond acceptors (Lipinski definition) is 3. The summed E-state index contributed by atoms with van der Waals surface area (Å²) in [5.74, 6) is -0.0542. The Balaban J connectivity index is 3.39. The van der Waals surface area contributed by atoms with Gasteiger partial charge in [-0.2, -0.15) is 0 Å². The highest BCUT2D eigenvalue weighted by Gasteiger charge is 2.18. The SMILES string of the molecule is CCCCCCC/C=C\C/C=C\CCCCCCCCCCCCCCCCCCCCCCCCCCCC(=O)NC(CO)C(O)/C=C/CCCCCCCCCCCCCCCCCCCCCCCCCCCCCCC. The quantitative estimate of drug-likeness (QED) is 0.0420. The van der Waals surface area contributed by atoms with E-state index in [1.165, 1.54) is 372 Å². The number of carbonyl (C=O) groups is 1. The maximum atomic E-state index is 12.6. The van der Waals surface area contributed by atoms with Gasteiger partial charge in [-0.1, -0.05) is 403 Å². The lowest BCUT2D eigenvalue weighted by atomic mass is 10.0. The first-order valence-electron chi connectivity index (χ1n) is 37.2. The summed E-state index contributed by atoms with van der Waals surface area (Å²) in [7, 11) is 0. The van der Waals surface area contributed by atoms with E-state index < -0.39 is 12.1 Å². The normalized spacial score (nSPS) is 12.8. The van der Waals surface area contributed by atoms with Gasteiger partial charge in [-0.3, -0.25) is 4.79 Å². The topological polar surface area (TPSA) is 69.6 Å². The van der Waals surface area contributed by atoms with Crippen LogP contribution >= 0.6 is 0 Å². The first-order valence-corrected chi connectivity index (χ1v) is 37.2. The molecule has 0 aliphatic rings. The number of amides is 1. The molecule has 0 aliphatic carbocycles. The second kappa shape index (κ2) is 71.9. The molecule has 1 amide bonds. The molecule has 0 fully saturated rings. The predicted molar refractivity (Wildman–Crippen MR) is 359 cm³/mol. The standard InChI is InChI=1S/C76H147NO3/c1-3-5-7-9-11-13-15-17-19-21-23-25-27-29-31-33-35-36-37-38-39-40-42-44-46-48-50-52-54-56-58-60-62-64-66-68-70-72-76(80)77-74(73-78)75(79)71-69-67-65-63-61-59-57-55-53-51-49-47-45-43-41-34-32-30-28-26-24-22-20-18-16-14-12-10-8-6-4-2/h15,17,21,23,69,71,74-75,78-79H,3-14,16,18-20,22,24-68,70,72-73H2,1-2H3,(H,77,80)/b17-15-,23-21-,71-69+. The third-order valence-corrected chi connectivity index (χ3v) is 17.6. The van der Waals surface area contributed by atoms with Gasteiger partial charge in [-0.25, -0.2) is 0 Å². The molecule has 474 valence electrons. The lowest BCUT2D eigenvalue weighted by Gasteiger charge is -2.20. The Hall–Kier alpha value is -1.39. The van der Waals surface area contributed by atoms with Crippen LogP contribution in [0.2, 0.25) is 0 Å². The predicted octanol–water partition coefficient (Wildman–Crippen LogP) is 25.5. The largest absolute Gasteiger partial charge is 0.394 e. The molecule has 2 unspecified atom stereocenters. The molecule has 0 saturated heterocycles.